The molecule has 0 spiro atoms. The molecule has 1 aliphatic heterocycles. The lowest BCUT2D eigenvalue weighted by molar-refractivity contribution is 0.0702. The lowest BCUT2D eigenvalue weighted by atomic mass is 10.2. The van der Waals surface area contributed by atoms with E-state index < -0.39 is 10.0 Å². The van der Waals surface area contributed by atoms with Gasteiger partial charge in [0.25, 0.3) is 5.91 Å². The molecule has 4 rings (SSSR count). The fourth-order valence-corrected chi connectivity index (χ4v) is 6.54. The van der Waals surface area contributed by atoms with Crippen molar-refractivity contribution in [2.45, 2.75) is 11.8 Å². The molecule has 0 aliphatic carbocycles. The molecule has 1 aliphatic rings. The summed E-state index contributed by atoms with van der Waals surface area (Å²) in [5, 5.41) is 1.52. The minimum Gasteiger partial charge on any atom is -0.335 e. The number of hydrogen-bond donors (Lipinski definition) is 0. The maximum Gasteiger partial charge on any atom is 0.265 e. The highest BCUT2D eigenvalue weighted by Gasteiger charge is 2.32. The Morgan fingerprint density at radius 3 is 2.42 bits per heavy atom. The van der Waals surface area contributed by atoms with Crippen LogP contribution in [0, 0.1) is 6.92 Å². The Labute approximate surface area is 195 Å². The second kappa shape index (κ2) is 8.88. The lowest BCUT2D eigenvalue weighted by Gasteiger charge is -2.34. The number of aryl methyl sites for hydroxylation is 1. The summed E-state index contributed by atoms with van der Waals surface area (Å²) in [6, 6.07) is 13.7. The van der Waals surface area contributed by atoms with Gasteiger partial charge in [-0.3, -0.25) is 4.79 Å². The standard InChI is InChI=1S/C21H19Cl2N3O3S2/c1-14-19(30-20(24-14)15-5-4-6-16(22)13-15)21(27)25-9-11-26(12-10-25)31(28,29)18-8-3-2-7-17(18)23/h2-8,13H,9-12H2,1H3. The van der Waals surface area contributed by atoms with Crippen LogP contribution in [0.4, 0.5) is 0 Å². The third kappa shape index (κ3) is 4.49. The van der Waals surface area contributed by atoms with Gasteiger partial charge in [-0.05, 0) is 31.2 Å². The fraction of sp³-hybridized carbons (Fsp3) is 0.238. The molecule has 1 amide bonds. The van der Waals surface area contributed by atoms with Crippen LogP contribution in [0.1, 0.15) is 15.4 Å². The molecule has 6 nitrogen and oxygen atoms in total. The Hall–Kier alpha value is -1.97. The molecular weight excluding hydrogens is 477 g/mol. The van der Waals surface area contributed by atoms with Gasteiger partial charge in [0.2, 0.25) is 10.0 Å². The maximum atomic E-state index is 13.1. The van der Waals surface area contributed by atoms with Crippen LogP contribution in [0.2, 0.25) is 10.0 Å². The Bertz CT molecular complexity index is 1240. The summed E-state index contributed by atoms with van der Waals surface area (Å²) in [4.78, 5) is 19.9. The summed E-state index contributed by atoms with van der Waals surface area (Å²) in [5.74, 6) is -0.141. The van der Waals surface area contributed by atoms with Crippen LogP contribution in [-0.4, -0.2) is 54.7 Å². The molecule has 0 radical (unpaired) electrons. The van der Waals surface area contributed by atoms with Crippen LogP contribution in [0.3, 0.4) is 0 Å². The van der Waals surface area contributed by atoms with E-state index in [4.69, 9.17) is 23.2 Å². The van der Waals surface area contributed by atoms with Gasteiger partial charge in [0.05, 0.1) is 10.7 Å². The summed E-state index contributed by atoms with van der Waals surface area (Å²) in [6.45, 7) is 2.81. The number of nitrogens with zero attached hydrogens (tertiary/aromatic N) is 3. The van der Waals surface area contributed by atoms with Crippen molar-refractivity contribution in [1.29, 1.82) is 0 Å². The van der Waals surface area contributed by atoms with Gasteiger partial charge in [-0.15, -0.1) is 11.3 Å². The Kier molecular flexibility index (Phi) is 6.37. The Balaban J connectivity index is 1.48. The average Bonchev–Trinajstić information content (AvgIpc) is 3.15. The summed E-state index contributed by atoms with van der Waals surface area (Å²) in [7, 11) is -3.71. The van der Waals surface area contributed by atoms with E-state index in [9.17, 15) is 13.2 Å². The highest BCUT2D eigenvalue weighted by Crippen LogP contribution is 2.31. The van der Waals surface area contributed by atoms with E-state index in [0.717, 1.165) is 10.6 Å². The van der Waals surface area contributed by atoms with Crippen molar-refractivity contribution in [2.75, 3.05) is 26.2 Å². The number of benzene rings is 2. The Morgan fingerprint density at radius 1 is 1.03 bits per heavy atom. The molecule has 2 heterocycles. The highest BCUT2D eigenvalue weighted by molar-refractivity contribution is 7.89. The van der Waals surface area contributed by atoms with E-state index in [-0.39, 0.29) is 28.9 Å². The molecule has 0 unspecified atom stereocenters. The molecular formula is C21H19Cl2N3O3S2. The van der Waals surface area contributed by atoms with Crippen molar-refractivity contribution >= 4 is 50.5 Å². The summed E-state index contributed by atoms with van der Waals surface area (Å²) < 4.78 is 27.2. The zero-order valence-corrected chi connectivity index (χ0v) is 19.7. The van der Waals surface area contributed by atoms with Crippen LogP contribution in [0.25, 0.3) is 10.6 Å². The summed E-state index contributed by atoms with van der Waals surface area (Å²) in [6.07, 6.45) is 0. The van der Waals surface area contributed by atoms with Gasteiger partial charge in [-0.25, -0.2) is 13.4 Å². The normalized spacial score (nSPS) is 15.3. The summed E-state index contributed by atoms with van der Waals surface area (Å²) in [5.41, 5.74) is 1.51. The molecule has 3 aromatic rings. The van der Waals surface area contributed by atoms with E-state index in [1.807, 2.05) is 18.2 Å². The van der Waals surface area contributed by atoms with Crippen LogP contribution < -0.4 is 0 Å². The number of thiazole rings is 1. The minimum absolute atomic E-state index is 0.0842. The van der Waals surface area contributed by atoms with Crippen molar-refractivity contribution < 1.29 is 13.2 Å². The Morgan fingerprint density at radius 2 is 1.74 bits per heavy atom. The number of carbonyl (C=O) groups is 1. The molecule has 0 saturated carbocycles. The van der Waals surface area contributed by atoms with Crippen molar-refractivity contribution in [1.82, 2.24) is 14.2 Å². The topological polar surface area (TPSA) is 70.6 Å². The second-order valence-corrected chi connectivity index (χ2v) is 10.8. The molecule has 0 N–H and O–H groups in total. The molecule has 2 aromatic carbocycles. The van der Waals surface area contributed by atoms with Crippen molar-refractivity contribution in [3.63, 3.8) is 0 Å². The first-order valence-corrected chi connectivity index (χ1v) is 12.6. The average molecular weight is 496 g/mol. The first kappa shape index (κ1) is 22.2. The number of amides is 1. The van der Waals surface area contributed by atoms with Gasteiger partial charge >= 0.3 is 0 Å². The lowest BCUT2D eigenvalue weighted by Crippen LogP contribution is -2.50. The smallest absolute Gasteiger partial charge is 0.265 e. The predicted molar refractivity (Wildman–Crippen MR) is 123 cm³/mol. The zero-order valence-electron chi connectivity index (χ0n) is 16.6. The van der Waals surface area contributed by atoms with E-state index in [1.54, 1.807) is 36.1 Å². The van der Waals surface area contributed by atoms with Crippen LogP contribution in [-0.2, 0) is 10.0 Å². The number of halogens is 2. The number of rotatable bonds is 4. The zero-order chi connectivity index (χ0) is 22.2. The molecule has 162 valence electrons. The highest BCUT2D eigenvalue weighted by atomic mass is 35.5. The quantitative estimate of drug-likeness (QED) is 0.531. The third-order valence-electron chi connectivity index (χ3n) is 5.04. The van der Waals surface area contributed by atoms with Gasteiger partial charge in [-0.1, -0.05) is 47.5 Å². The van der Waals surface area contributed by atoms with Crippen LogP contribution in [0.5, 0.6) is 0 Å². The van der Waals surface area contributed by atoms with E-state index in [2.05, 4.69) is 4.98 Å². The molecule has 10 heteroatoms. The van der Waals surface area contributed by atoms with E-state index >= 15 is 0 Å². The molecule has 0 atom stereocenters. The number of carbonyl (C=O) groups excluding carboxylic acids is 1. The first-order valence-electron chi connectivity index (χ1n) is 9.54. The van der Waals surface area contributed by atoms with Crippen molar-refractivity contribution in [2.24, 2.45) is 0 Å². The molecule has 0 bridgehead atoms. The van der Waals surface area contributed by atoms with Gasteiger partial charge in [0, 0.05) is 36.8 Å². The number of hydrogen-bond acceptors (Lipinski definition) is 5. The fourth-order valence-electron chi connectivity index (χ4n) is 3.41. The number of piperazine rings is 1. The molecule has 1 fully saturated rings. The number of aromatic nitrogens is 1. The number of sulfonamides is 1. The van der Waals surface area contributed by atoms with E-state index in [1.165, 1.54) is 21.7 Å². The van der Waals surface area contributed by atoms with Crippen LogP contribution in [0.15, 0.2) is 53.4 Å². The molecule has 31 heavy (non-hydrogen) atoms. The SMILES string of the molecule is Cc1nc(-c2cccc(Cl)c2)sc1C(=O)N1CCN(S(=O)(=O)c2ccccc2Cl)CC1. The van der Waals surface area contributed by atoms with Crippen molar-refractivity contribution in [3.8, 4) is 10.6 Å². The largest absolute Gasteiger partial charge is 0.335 e. The van der Waals surface area contributed by atoms with Gasteiger partial charge in [0.15, 0.2) is 0 Å². The third-order valence-corrected chi connectivity index (χ3v) is 8.87. The van der Waals surface area contributed by atoms with Gasteiger partial charge in [0.1, 0.15) is 14.8 Å². The van der Waals surface area contributed by atoms with Gasteiger partial charge < -0.3 is 4.90 Å². The first-order chi connectivity index (χ1) is 14.8. The second-order valence-electron chi connectivity index (χ2n) is 7.07. The predicted octanol–water partition coefficient (Wildman–Crippen LogP) is 4.57. The van der Waals surface area contributed by atoms with E-state index in [0.29, 0.717) is 28.7 Å². The monoisotopic (exact) mass is 495 g/mol. The maximum absolute atomic E-state index is 13.1. The molecule has 1 saturated heterocycles. The van der Waals surface area contributed by atoms with Crippen LogP contribution >= 0.6 is 34.5 Å². The molecule has 1 aromatic heterocycles. The van der Waals surface area contributed by atoms with Gasteiger partial charge in [-0.2, -0.15) is 4.31 Å². The summed E-state index contributed by atoms with van der Waals surface area (Å²) >= 11 is 13.5. The van der Waals surface area contributed by atoms with Crippen molar-refractivity contribution in [3.05, 3.63) is 69.1 Å². The minimum atomic E-state index is -3.71.